The zero-order chi connectivity index (χ0) is 23.8. The molecule has 1 aliphatic carbocycles. The predicted molar refractivity (Wildman–Crippen MR) is 132 cm³/mol. The average Bonchev–Trinajstić information content (AvgIpc) is 3.33. The van der Waals surface area contributed by atoms with E-state index in [1.54, 1.807) is 0 Å². The van der Waals surface area contributed by atoms with Crippen molar-refractivity contribution < 1.29 is 18.8 Å². The first-order valence-electron chi connectivity index (χ1n) is 13.1. The van der Waals surface area contributed by atoms with Crippen LogP contribution in [0.25, 0.3) is 0 Å². The molecule has 1 saturated heterocycles. The summed E-state index contributed by atoms with van der Waals surface area (Å²) in [6.07, 6.45) is 12.3. The van der Waals surface area contributed by atoms with Crippen LogP contribution in [0.5, 0.6) is 0 Å². The van der Waals surface area contributed by atoms with Crippen molar-refractivity contribution in [1.29, 1.82) is 0 Å². The second-order valence-electron chi connectivity index (χ2n) is 9.87. The number of carbonyl (C=O) groups is 2. The van der Waals surface area contributed by atoms with E-state index < -0.39 is 0 Å². The van der Waals surface area contributed by atoms with Gasteiger partial charge in [0.05, 0.1) is 11.3 Å². The van der Waals surface area contributed by atoms with Gasteiger partial charge in [-0.25, -0.2) is 0 Å². The molecule has 0 spiro atoms. The Morgan fingerprint density at radius 1 is 1.00 bits per heavy atom. The average molecular weight is 467 g/mol. The van der Waals surface area contributed by atoms with Gasteiger partial charge in [-0.1, -0.05) is 56.3 Å². The molecular formula is C28H38N2O4. The number of Topliss-reactive ketones (excluding diaryl/α,β-unsaturated/α-hetero) is 1. The second kappa shape index (κ2) is 12.3. The lowest BCUT2D eigenvalue weighted by molar-refractivity contribution is -0.121. The molecule has 4 rings (SSSR count). The van der Waals surface area contributed by atoms with Gasteiger partial charge in [0.25, 0.3) is 0 Å². The molecule has 2 aliphatic rings. The molecule has 0 bridgehead atoms. The van der Waals surface area contributed by atoms with Crippen molar-refractivity contribution in [3.63, 3.8) is 0 Å². The van der Waals surface area contributed by atoms with Crippen molar-refractivity contribution in [2.24, 2.45) is 11.8 Å². The highest BCUT2D eigenvalue weighted by Gasteiger charge is 2.32. The Morgan fingerprint density at radius 2 is 1.68 bits per heavy atom. The Bertz CT molecular complexity index is 922. The summed E-state index contributed by atoms with van der Waals surface area (Å²) in [6, 6.07) is 8.22. The van der Waals surface area contributed by atoms with Crippen LogP contribution < -0.4 is 5.32 Å². The lowest BCUT2D eigenvalue weighted by Crippen LogP contribution is -2.32. The molecule has 1 unspecified atom stereocenters. The minimum Gasteiger partial charge on any atom is -0.381 e. The monoisotopic (exact) mass is 466 g/mol. The minimum absolute atomic E-state index is 0.0461. The molecular weight excluding hydrogens is 428 g/mol. The highest BCUT2D eigenvalue weighted by atomic mass is 16.5. The number of aromatic nitrogens is 1. The van der Waals surface area contributed by atoms with Crippen molar-refractivity contribution >= 4 is 17.4 Å². The zero-order valence-electron chi connectivity index (χ0n) is 20.4. The van der Waals surface area contributed by atoms with Crippen LogP contribution in [0.1, 0.15) is 98.7 Å². The molecule has 1 amide bonds. The Hall–Kier alpha value is -2.47. The number of hydrogen-bond donors (Lipinski definition) is 1. The van der Waals surface area contributed by atoms with Crippen LogP contribution in [0.3, 0.4) is 0 Å². The van der Waals surface area contributed by atoms with Crippen LogP contribution >= 0.6 is 0 Å². The molecule has 1 aliphatic heterocycles. The molecule has 1 N–H and O–H groups in total. The van der Waals surface area contributed by atoms with Gasteiger partial charge in [-0.3, -0.25) is 9.59 Å². The predicted octanol–water partition coefficient (Wildman–Crippen LogP) is 6.32. The third kappa shape index (κ3) is 6.35. The molecule has 6 nitrogen and oxygen atoms in total. The molecule has 0 radical (unpaired) electrons. The lowest BCUT2D eigenvalue weighted by Gasteiger charge is -2.28. The van der Waals surface area contributed by atoms with Crippen molar-refractivity contribution in [3.8, 4) is 0 Å². The molecule has 1 saturated carbocycles. The maximum absolute atomic E-state index is 13.5. The zero-order valence-corrected chi connectivity index (χ0v) is 20.4. The maximum Gasteiger partial charge on any atom is 0.228 e. The smallest absolute Gasteiger partial charge is 0.228 e. The first-order chi connectivity index (χ1) is 16.7. The number of ketones is 1. The molecule has 34 heavy (non-hydrogen) atoms. The van der Waals surface area contributed by atoms with Crippen LogP contribution in [-0.4, -0.2) is 30.1 Å². The molecule has 2 heterocycles. The molecule has 2 aromatic rings. The summed E-state index contributed by atoms with van der Waals surface area (Å²) in [5.41, 5.74) is 3.29. The number of anilines is 1. The van der Waals surface area contributed by atoms with Crippen LogP contribution in [0, 0.1) is 11.8 Å². The quantitative estimate of drug-likeness (QED) is 0.460. The van der Waals surface area contributed by atoms with Crippen molar-refractivity contribution in [2.45, 2.75) is 83.5 Å². The van der Waals surface area contributed by atoms with E-state index in [0.29, 0.717) is 23.6 Å². The van der Waals surface area contributed by atoms with E-state index in [0.717, 1.165) is 57.4 Å². The van der Waals surface area contributed by atoms with Gasteiger partial charge in [0, 0.05) is 31.2 Å². The summed E-state index contributed by atoms with van der Waals surface area (Å²) < 4.78 is 10.5. The van der Waals surface area contributed by atoms with Gasteiger partial charge in [-0.2, -0.15) is 0 Å². The molecule has 1 aromatic heterocycles. The second-order valence-corrected chi connectivity index (χ2v) is 9.87. The van der Waals surface area contributed by atoms with Crippen molar-refractivity contribution in [2.75, 3.05) is 18.5 Å². The van der Waals surface area contributed by atoms with Gasteiger partial charge in [-0.15, -0.1) is 0 Å². The van der Waals surface area contributed by atoms with E-state index in [4.69, 9.17) is 9.26 Å². The number of rotatable bonds is 8. The van der Waals surface area contributed by atoms with E-state index in [9.17, 15) is 9.59 Å². The third-order valence-corrected chi connectivity index (χ3v) is 7.61. The summed E-state index contributed by atoms with van der Waals surface area (Å²) in [6.45, 7) is 3.58. The van der Waals surface area contributed by atoms with Gasteiger partial charge in [0.2, 0.25) is 5.91 Å². The first-order valence-corrected chi connectivity index (χ1v) is 13.1. The van der Waals surface area contributed by atoms with E-state index in [-0.39, 0.29) is 29.9 Å². The molecule has 2 fully saturated rings. The summed E-state index contributed by atoms with van der Waals surface area (Å²) in [4.78, 5) is 26.7. The van der Waals surface area contributed by atoms with E-state index in [1.807, 2.05) is 19.1 Å². The number of carbonyl (C=O) groups excluding carboxylic acids is 2. The Kier molecular flexibility index (Phi) is 8.91. The lowest BCUT2D eigenvalue weighted by atomic mass is 9.78. The maximum atomic E-state index is 13.5. The van der Waals surface area contributed by atoms with Crippen molar-refractivity contribution in [3.05, 3.63) is 47.3 Å². The Balaban J connectivity index is 1.47. The van der Waals surface area contributed by atoms with Gasteiger partial charge < -0.3 is 14.6 Å². The number of benzene rings is 1. The SMILES string of the molecule is CCc1nocc1C(=O)CC(C(=O)Nc1ccc(C2CCOCC2)cc1)C1CCCCCCC1. The summed E-state index contributed by atoms with van der Waals surface area (Å²) in [5.74, 6) is 0.300. The Morgan fingerprint density at radius 3 is 2.35 bits per heavy atom. The number of nitrogens with one attached hydrogen (secondary N) is 1. The highest BCUT2D eigenvalue weighted by molar-refractivity contribution is 6.01. The number of hydrogen-bond acceptors (Lipinski definition) is 5. The summed E-state index contributed by atoms with van der Waals surface area (Å²) in [7, 11) is 0. The number of amides is 1. The number of ether oxygens (including phenoxy) is 1. The third-order valence-electron chi connectivity index (χ3n) is 7.61. The van der Waals surface area contributed by atoms with Crippen molar-refractivity contribution in [1.82, 2.24) is 5.16 Å². The molecule has 6 heteroatoms. The van der Waals surface area contributed by atoms with Crippen LogP contribution in [0.2, 0.25) is 0 Å². The van der Waals surface area contributed by atoms with Gasteiger partial charge in [-0.05, 0) is 61.6 Å². The van der Waals surface area contributed by atoms with Crippen LogP contribution in [0.4, 0.5) is 5.69 Å². The number of nitrogens with zero attached hydrogens (tertiary/aromatic N) is 1. The van der Waals surface area contributed by atoms with Gasteiger partial charge >= 0.3 is 0 Å². The molecule has 184 valence electrons. The minimum atomic E-state index is -0.347. The van der Waals surface area contributed by atoms with E-state index >= 15 is 0 Å². The highest BCUT2D eigenvalue weighted by Crippen LogP contribution is 2.33. The molecule has 1 aromatic carbocycles. The first kappa shape index (κ1) is 24.6. The fraction of sp³-hybridized carbons (Fsp3) is 0.607. The van der Waals surface area contributed by atoms with E-state index in [2.05, 4.69) is 22.6 Å². The number of aryl methyl sites for hydroxylation is 1. The van der Waals surface area contributed by atoms with Gasteiger partial charge in [0.15, 0.2) is 5.78 Å². The summed E-state index contributed by atoms with van der Waals surface area (Å²) in [5, 5.41) is 7.09. The summed E-state index contributed by atoms with van der Waals surface area (Å²) >= 11 is 0. The van der Waals surface area contributed by atoms with Gasteiger partial charge in [0.1, 0.15) is 6.26 Å². The normalized spacial score (nSPS) is 19.2. The fourth-order valence-corrected chi connectivity index (χ4v) is 5.52. The Labute approximate surface area is 202 Å². The largest absolute Gasteiger partial charge is 0.381 e. The molecule has 1 atom stereocenters. The standard InChI is InChI=1S/C28H38N2O4/c1-2-26-25(19-34-30-26)27(31)18-24(22-8-6-4-3-5-7-9-22)28(32)29-23-12-10-20(11-13-23)21-14-16-33-17-15-21/h10-13,19,21-22,24H,2-9,14-18H2,1H3,(H,29,32). The van der Waals surface area contributed by atoms with Crippen LogP contribution in [-0.2, 0) is 16.0 Å². The van der Waals surface area contributed by atoms with E-state index in [1.165, 1.54) is 31.1 Å². The van der Waals surface area contributed by atoms with Crippen LogP contribution in [0.15, 0.2) is 35.1 Å². The fourth-order valence-electron chi connectivity index (χ4n) is 5.52. The topological polar surface area (TPSA) is 81.4 Å².